The normalized spacial score (nSPS) is 12.0. The average molecular weight is 307 g/mol. The first kappa shape index (κ1) is 15.5. The van der Waals surface area contributed by atoms with Gasteiger partial charge in [-0.25, -0.2) is 4.39 Å². The van der Waals surface area contributed by atoms with Crippen molar-refractivity contribution in [3.63, 3.8) is 0 Å². The number of hydrogen-bond donors (Lipinski definition) is 1. The molecular formula is C16H18FNO2S. The second kappa shape index (κ2) is 7.22. The van der Waals surface area contributed by atoms with Crippen molar-refractivity contribution >= 4 is 17.2 Å². The molecule has 0 saturated carbocycles. The van der Waals surface area contributed by atoms with E-state index in [1.807, 2.05) is 6.07 Å². The van der Waals surface area contributed by atoms with Crippen LogP contribution in [0.5, 0.6) is 5.75 Å². The van der Waals surface area contributed by atoms with Crippen molar-refractivity contribution in [1.82, 2.24) is 5.32 Å². The van der Waals surface area contributed by atoms with Crippen molar-refractivity contribution in [2.75, 3.05) is 0 Å². The molecule has 1 heterocycles. The fourth-order valence-corrected chi connectivity index (χ4v) is 2.72. The van der Waals surface area contributed by atoms with Crippen molar-refractivity contribution in [3.8, 4) is 5.75 Å². The molecule has 0 fully saturated rings. The molecule has 1 N–H and O–H groups in total. The highest BCUT2D eigenvalue weighted by molar-refractivity contribution is 7.11. The van der Waals surface area contributed by atoms with Crippen LogP contribution in [-0.2, 0) is 17.8 Å². The van der Waals surface area contributed by atoms with E-state index in [4.69, 9.17) is 4.74 Å². The molecule has 5 heteroatoms. The average Bonchev–Trinajstić information content (AvgIpc) is 2.92. The summed E-state index contributed by atoms with van der Waals surface area (Å²) in [4.78, 5) is 14.4. The summed E-state index contributed by atoms with van der Waals surface area (Å²) in [6.45, 7) is 4.23. The van der Waals surface area contributed by atoms with Gasteiger partial charge in [0.2, 0.25) is 0 Å². The largest absolute Gasteiger partial charge is 0.481 e. The quantitative estimate of drug-likeness (QED) is 0.886. The second-order valence-corrected chi connectivity index (χ2v) is 5.91. The van der Waals surface area contributed by atoms with E-state index in [9.17, 15) is 9.18 Å². The number of carbonyl (C=O) groups excluding carboxylic acids is 1. The Morgan fingerprint density at radius 2 is 2.10 bits per heavy atom. The first-order chi connectivity index (χ1) is 10.1. The molecule has 0 aliphatic carbocycles. The van der Waals surface area contributed by atoms with E-state index >= 15 is 0 Å². The number of carbonyl (C=O) groups is 1. The van der Waals surface area contributed by atoms with Crippen LogP contribution in [0.1, 0.15) is 23.6 Å². The Morgan fingerprint density at radius 3 is 2.76 bits per heavy atom. The Hall–Kier alpha value is -1.88. The number of aryl methyl sites for hydroxylation is 1. The van der Waals surface area contributed by atoms with E-state index in [0.29, 0.717) is 12.3 Å². The van der Waals surface area contributed by atoms with Gasteiger partial charge < -0.3 is 10.1 Å². The molecule has 112 valence electrons. The van der Waals surface area contributed by atoms with Gasteiger partial charge in [-0.05, 0) is 37.6 Å². The maximum absolute atomic E-state index is 13.0. The van der Waals surface area contributed by atoms with E-state index in [0.717, 1.165) is 11.3 Å². The zero-order valence-electron chi connectivity index (χ0n) is 12.1. The third-order valence-corrected chi connectivity index (χ3v) is 4.21. The SMILES string of the molecule is CCc1ccc(CNC(=O)C(C)Oc2cccc(F)c2)s1. The van der Waals surface area contributed by atoms with Crippen LogP contribution in [-0.4, -0.2) is 12.0 Å². The van der Waals surface area contributed by atoms with Crippen molar-refractivity contribution in [2.24, 2.45) is 0 Å². The Bertz CT molecular complexity index is 612. The first-order valence-electron chi connectivity index (χ1n) is 6.86. The molecule has 1 atom stereocenters. The van der Waals surface area contributed by atoms with E-state index in [1.54, 1.807) is 30.4 Å². The van der Waals surface area contributed by atoms with Crippen molar-refractivity contribution < 1.29 is 13.9 Å². The number of nitrogens with one attached hydrogen (secondary N) is 1. The lowest BCUT2D eigenvalue weighted by Crippen LogP contribution is -2.35. The minimum absolute atomic E-state index is 0.217. The van der Waals surface area contributed by atoms with Gasteiger partial charge in [0, 0.05) is 15.8 Å². The molecule has 3 nitrogen and oxygen atoms in total. The molecule has 2 rings (SSSR count). The van der Waals surface area contributed by atoms with E-state index in [-0.39, 0.29) is 11.7 Å². The maximum Gasteiger partial charge on any atom is 0.261 e. The molecular weight excluding hydrogens is 289 g/mol. The third-order valence-electron chi connectivity index (χ3n) is 2.98. The van der Waals surface area contributed by atoms with Crippen LogP contribution in [0.15, 0.2) is 36.4 Å². The van der Waals surface area contributed by atoms with Crippen molar-refractivity contribution in [2.45, 2.75) is 32.9 Å². The molecule has 2 aromatic rings. The van der Waals surface area contributed by atoms with Crippen LogP contribution in [0.25, 0.3) is 0 Å². The van der Waals surface area contributed by atoms with E-state index in [2.05, 4.69) is 18.3 Å². The number of rotatable bonds is 6. The summed E-state index contributed by atoms with van der Waals surface area (Å²) in [5.74, 6) is -0.251. The Kier molecular flexibility index (Phi) is 5.33. The molecule has 1 unspecified atom stereocenters. The number of amides is 1. The third kappa shape index (κ3) is 4.56. The minimum Gasteiger partial charge on any atom is -0.481 e. The maximum atomic E-state index is 13.0. The zero-order chi connectivity index (χ0) is 15.2. The summed E-state index contributed by atoms with van der Waals surface area (Å²) >= 11 is 1.69. The standard InChI is InChI=1S/C16H18FNO2S/c1-3-14-7-8-15(21-14)10-18-16(19)11(2)20-13-6-4-5-12(17)9-13/h4-9,11H,3,10H2,1-2H3,(H,18,19). The lowest BCUT2D eigenvalue weighted by Gasteiger charge is -2.14. The number of ether oxygens (including phenoxy) is 1. The van der Waals surface area contributed by atoms with Gasteiger partial charge in [-0.3, -0.25) is 4.79 Å². The smallest absolute Gasteiger partial charge is 0.261 e. The van der Waals surface area contributed by atoms with Gasteiger partial charge in [-0.2, -0.15) is 0 Å². The zero-order valence-corrected chi connectivity index (χ0v) is 12.9. The summed E-state index contributed by atoms with van der Waals surface area (Å²) in [6.07, 6.45) is 0.329. The van der Waals surface area contributed by atoms with Crippen molar-refractivity contribution in [1.29, 1.82) is 0 Å². The Morgan fingerprint density at radius 1 is 1.33 bits per heavy atom. The van der Waals surface area contributed by atoms with Gasteiger partial charge in [0.05, 0.1) is 6.54 Å². The summed E-state index contributed by atoms with van der Waals surface area (Å²) in [5.41, 5.74) is 0. The summed E-state index contributed by atoms with van der Waals surface area (Å²) < 4.78 is 18.5. The van der Waals surface area contributed by atoms with Gasteiger partial charge in [0.15, 0.2) is 6.10 Å². The van der Waals surface area contributed by atoms with Gasteiger partial charge >= 0.3 is 0 Å². The van der Waals surface area contributed by atoms with E-state index < -0.39 is 6.10 Å². The number of halogens is 1. The molecule has 21 heavy (non-hydrogen) atoms. The topological polar surface area (TPSA) is 38.3 Å². The predicted molar refractivity (Wildman–Crippen MR) is 82.0 cm³/mol. The lowest BCUT2D eigenvalue weighted by molar-refractivity contribution is -0.127. The fourth-order valence-electron chi connectivity index (χ4n) is 1.82. The van der Waals surface area contributed by atoms with Crippen LogP contribution in [0.4, 0.5) is 4.39 Å². The summed E-state index contributed by atoms with van der Waals surface area (Å²) in [7, 11) is 0. The van der Waals surface area contributed by atoms with Crippen LogP contribution < -0.4 is 10.1 Å². The molecule has 0 spiro atoms. The molecule has 0 aliphatic rings. The van der Waals surface area contributed by atoms with Gasteiger partial charge in [-0.1, -0.05) is 13.0 Å². The van der Waals surface area contributed by atoms with Gasteiger partial charge in [0.1, 0.15) is 11.6 Å². The molecule has 1 aromatic heterocycles. The monoisotopic (exact) mass is 307 g/mol. The highest BCUT2D eigenvalue weighted by atomic mass is 32.1. The number of benzene rings is 1. The highest BCUT2D eigenvalue weighted by Gasteiger charge is 2.14. The Balaban J connectivity index is 1.85. The van der Waals surface area contributed by atoms with E-state index in [1.165, 1.54) is 17.0 Å². The molecule has 1 aromatic carbocycles. The molecule has 0 radical (unpaired) electrons. The van der Waals surface area contributed by atoms with Gasteiger partial charge in [-0.15, -0.1) is 11.3 Å². The van der Waals surface area contributed by atoms with Crippen LogP contribution in [0.3, 0.4) is 0 Å². The second-order valence-electron chi connectivity index (χ2n) is 4.66. The van der Waals surface area contributed by atoms with Crippen LogP contribution >= 0.6 is 11.3 Å². The number of hydrogen-bond acceptors (Lipinski definition) is 3. The summed E-state index contributed by atoms with van der Waals surface area (Å²) in [6, 6.07) is 9.85. The molecule has 1 amide bonds. The van der Waals surface area contributed by atoms with Gasteiger partial charge in [0.25, 0.3) is 5.91 Å². The van der Waals surface area contributed by atoms with Crippen molar-refractivity contribution in [3.05, 3.63) is 52.0 Å². The molecule has 0 saturated heterocycles. The first-order valence-corrected chi connectivity index (χ1v) is 7.67. The highest BCUT2D eigenvalue weighted by Crippen LogP contribution is 2.17. The van der Waals surface area contributed by atoms with Crippen LogP contribution in [0.2, 0.25) is 0 Å². The molecule has 0 aliphatic heterocycles. The number of thiophene rings is 1. The molecule has 0 bridgehead atoms. The summed E-state index contributed by atoms with van der Waals surface area (Å²) in [5, 5.41) is 2.82. The van der Waals surface area contributed by atoms with Crippen LogP contribution in [0, 0.1) is 5.82 Å². The lowest BCUT2D eigenvalue weighted by atomic mass is 10.3. The minimum atomic E-state index is -0.669. The predicted octanol–water partition coefficient (Wildman–Crippen LogP) is 3.53. The fraction of sp³-hybridized carbons (Fsp3) is 0.312. The Labute approximate surface area is 127 Å².